The van der Waals surface area contributed by atoms with Gasteiger partial charge in [-0.15, -0.1) is 0 Å². The van der Waals surface area contributed by atoms with Crippen LogP contribution >= 0.6 is 15.9 Å². The summed E-state index contributed by atoms with van der Waals surface area (Å²) >= 11 is 3.33. The molecule has 1 aromatic carbocycles. The zero-order chi connectivity index (χ0) is 10.8. The Morgan fingerprint density at radius 2 is 2.07 bits per heavy atom. The van der Waals surface area contributed by atoms with Crippen molar-refractivity contribution in [2.45, 2.75) is 6.92 Å². The van der Waals surface area contributed by atoms with Crippen LogP contribution in [-0.4, -0.2) is 5.78 Å². The van der Waals surface area contributed by atoms with Crippen molar-refractivity contribution in [3.63, 3.8) is 0 Å². The fourth-order valence-electron chi connectivity index (χ4n) is 1.36. The first kappa shape index (κ1) is 10.2. The van der Waals surface area contributed by atoms with Crippen molar-refractivity contribution in [1.29, 1.82) is 0 Å². The van der Waals surface area contributed by atoms with Crippen molar-refractivity contribution in [2.75, 3.05) is 0 Å². The summed E-state index contributed by atoms with van der Waals surface area (Å²) < 4.78 is 6.00. The molecule has 0 amide bonds. The molecule has 2 nitrogen and oxygen atoms in total. The molecular weight excluding hydrogens is 256 g/mol. The van der Waals surface area contributed by atoms with Gasteiger partial charge in [0.05, 0.1) is 5.56 Å². The molecule has 76 valence electrons. The number of furan rings is 1. The lowest BCUT2D eigenvalue weighted by molar-refractivity contribution is 0.103. The maximum atomic E-state index is 11.9. The molecule has 2 rings (SSSR count). The van der Waals surface area contributed by atoms with Crippen LogP contribution in [0.15, 0.2) is 45.5 Å². The lowest BCUT2D eigenvalue weighted by Gasteiger charge is -1.97. The van der Waals surface area contributed by atoms with Crippen molar-refractivity contribution in [3.05, 3.63) is 58.0 Å². The van der Waals surface area contributed by atoms with Crippen LogP contribution in [0.2, 0.25) is 0 Å². The van der Waals surface area contributed by atoms with Gasteiger partial charge < -0.3 is 4.42 Å². The van der Waals surface area contributed by atoms with Crippen LogP contribution in [0.4, 0.5) is 0 Å². The molecule has 0 atom stereocenters. The number of aryl methyl sites for hydroxylation is 1. The first-order chi connectivity index (χ1) is 7.16. The molecule has 0 saturated carbocycles. The maximum absolute atomic E-state index is 11.9. The number of rotatable bonds is 2. The third kappa shape index (κ3) is 2.18. The topological polar surface area (TPSA) is 30.2 Å². The van der Waals surface area contributed by atoms with Gasteiger partial charge in [0.2, 0.25) is 0 Å². The van der Waals surface area contributed by atoms with E-state index in [9.17, 15) is 4.79 Å². The van der Waals surface area contributed by atoms with Gasteiger partial charge in [0, 0.05) is 10.0 Å². The quantitative estimate of drug-likeness (QED) is 0.777. The number of carbonyl (C=O) groups is 1. The summed E-state index contributed by atoms with van der Waals surface area (Å²) in [6.07, 6.45) is 1.48. The Balaban J connectivity index is 2.36. The Morgan fingerprint density at radius 1 is 1.27 bits per heavy atom. The summed E-state index contributed by atoms with van der Waals surface area (Å²) in [5.74, 6) is 0.724. The molecule has 0 fully saturated rings. The second-order valence-electron chi connectivity index (χ2n) is 3.29. The Bertz CT molecular complexity index is 500. The Kier molecular flexibility index (Phi) is 2.73. The van der Waals surface area contributed by atoms with E-state index >= 15 is 0 Å². The summed E-state index contributed by atoms with van der Waals surface area (Å²) in [7, 11) is 0. The van der Waals surface area contributed by atoms with Crippen LogP contribution in [0.25, 0.3) is 0 Å². The number of halogens is 1. The fraction of sp³-hybridized carbons (Fsp3) is 0.0833. The summed E-state index contributed by atoms with van der Waals surface area (Å²) in [5.41, 5.74) is 1.25. The van der Waals surface area contributed by atoms with Gasteiger partial charge in [0.1, 0.15) is 12.0 Å². The van der Waals surface area contributed by atoms with E-state index in [-0.39, 0.29) is 5.78 Å². The van der Waals surface area contributed by atoms with Crippen LogP contribution in [0, 0.1) is 6.92 Å². The molecule has 0 saturated heterocycles. The molecule has 3 heteroatoms. The highest BCUT2D eigenvalue weighted by molar-refractivity contribution is 9.10. The molecule has 15 heavy (non-hydrogen) atoms. The van der Waals surface area contributed by atoms with E-state index in [1.165, 1.54) is 6.26 Å². The van der Waals surface area contributed by atoms with Crippen LogP contribution in [0.3, 0.4) is 0 Å². The highest BCUT2D eigenvalue weighted by Gasteiger charge is 2.11. The van der Waals surface area contributed by atoms with Crippen molar-refractivity contribution < 1.29 is 9.21 Å². The first-order valence-electron chi connectivity index (χ1n) is 4.52. The third-order valence-electron chi connectivity index (χ3n) is 2.08. The maximum Gasteiger partial charge on any atom is 0.196 e. The second kappa shape index (κ2) is 4.03. The molecule has 0 aliphatic rings. The van der Waals surface area contributed by atoms with Gasteiger partial charge in [-0.25, -0.2) is 0 Å². The summed E-state index contributed by atoms with van der Waals surface area (Å²) in [6, 6.07) is 9.05. The number of carbonyl (C=O) groups excluding carboxylic acids is 1. The van der Waals surface area contributed by atoms with Gasteiger partial charge in [0.15, 0.2) is 5.78 Å². The summed E-state index contributed by atoms with van der Waals surface area (Å²) in [4.78, 5) is 11.9. The fourth-order valence-corrected chi connectivity index (χ4v) is 1.76. The number of ketones is 1. The van der Waals surface area contributed by atoms with E-state index in [4.69, 9.17) is 4.42 Å². The molecule has 1 heterocycles. The predicted octanol–water partition coefficient (Wildman–Crippen LogP) is 3.58. The molecule has 2 aromatic rings. The Hall–Kier alpha value is -1.35. The van der Waals surface area contributed by atoms with E-state index in [1.54, 1.807) is 18.2 Å². The molecule has 0 N–H and O–H groups in total. The van der Waals surface area contributed by atoms with Crippen molar-refractivity contribution in [1.82, 2.24) is 0 Å². The van der Waals surface area contributed by atoms with Gasteiger partial charge in [-0.2, -0.15) is 0 Å². The molecule has 0 radical (unpaired) electrons. The summed E-state index contributed by atoms with van der Waals surface area (Å²) in [5, 5.41) is 0. The molecular formula is C12H9BrO2. The highest BCUT2D eigenvalue weighted by Crippen LogP contribution is 2.16. The van der Waals surface area contributed by atoms with Gasteiger partial charge >= 0.3 is 0 Å². The van der Waals surface area contributed by atoms with E-state index in [0.29, 0.717) is 11.1 Å². The van der Waals surface area contributed by atoms with Gasteiger partial charge in [-0.1, -0.05) is 28.1 Å². The average molecular weight is 265 g/mol. The normalized spacial score (nSPS) is 10.3. The largest absolute Gasteiger partial charge is 0.469 e. The number of benzene rings is 1. The smallest absolute Gasteiger partial charge is 0.196 e. The Labute approximate surface area is 96.0 Å². The predicted molar refractivity (Wildman–Crippen MR) is 61.0 cm³/mol. The minimum Gasteiger partial charge on any atom is -0.469 e. The zero-order valence-corrected chi connectivity index (χ0v) is 9.74. The zero-order valence-electron chi connectivity index (χ0n) is 8.16. The van der Waals surface area contributed by atoms with Crippen LogP contribution in [0.5, 0.6) is 0 Å². The van der Waals surface area contributed by atoms with E-state index in [1.807, 2.05) is 19.1 Å². The second-order valence-corrected chi connectivity index (χ2v) is 4.20. The Morgan fingerprint density at radius 3 is 2.67 bits per heavy atom. The lowest BCUT2D eigenvalue weighted by Crippen LogP contribution is -1.98. The van der Waals surface area contributed by atoms with Crippen molar-refractivity contribution >= 4 is 21.7 Å². The van der Waals surface area contributed by atoms with Crippen molar-refractivity contribution in [3.8, 4) is 0 Å². The molecule has 0 bridgehead atoms. The lowest BCUT2D eigenvalue weighted by atomic mass is 10.1. The molecule has 0 aliphatic heterocycles. The van der Waals surface area contributed by atoms with Crippen LogP contribution in [0.1, 0.15) is 21.7 Å². The molecule has 0 spiro atoms. The van der Waals surface area contributed by atoms with E-state index in [2.05, 4.69) is 15.9 Å². The van der Waals surface area contributed by atoms with Crippen LogP contribution in [-0.2, 0) is 0 Å². The third-order valence-corrected chi connectivity index (χ3v) is 2.57. The standard InChI is InChI=1S/C12H9BrO2/c1-8-5-10(7-15-8)12(14)9-3-2-4-11(13)6-9/h2-7H,1H3. The van der Waals surface area contributed by atoms with Crippen molar-refractivity contribution in [2.24, 2.45) is 0 Å². The van der Waals surface area contributed by atoms with E-state index < -0.39 is 0 Å². The van der Waals surface area contributed by atoms with Crippen LogP contribution < -0.4 is 0 Å². The minimum atomic E-state index is -0.0202. The molecule has 0 unspecified atom stereocenters. The number of hydrogen-bond donors (Lipinski definition) is 0. The monoisotopic (exact) mass is 264 g/mol. The van der Waals surface area contributed by atoms with E-state index in [0.717, 1.165) is 10.2 Å². The highest BCUT2D eigenvalue weighted by atomic mass is 79.9. The summed E-state index contributed by atoms with van der Waals surface area (Å²) in [6.45, 7) is 1.82. The number of hydrogen-bond acceptors (Lipinski definition) is 2. The minimum absolute atomic E-state index is 0.0202. The average Bonchev–Trinajstić information content (AvgIpc) is 2.64. The van der Waals surface area contributed by atoms with Gasteiger partial charge in [0.25, 0.3) is 0 Å². The molecule has 1 aromatic heterocycles. The van der Waals surface area contributed by atoms with Gasteiger partial charge in [-0.05, 0) is 25.1 Å². The first-order valence-corrected chi connectivity index (χ1v) is 5.31. The molecule has 0 aliphatic carbocycles. The van der Waals surface area contributed by atoms with Gasteiger partial charge in [-0.3, -0.25) is 4.79 Å². The SMILES string of the molecule is Cc1cc(C(=O)c2cccc(Br)c2)co1.